The van der Waals surface area contributed by atoms with Crippen LogP contribution in [0.15, 0.2) is 48.5 Å². The molecule has 0 aromatic heterocycles. The van der Waals surface area contributed by atoms with Crippen molar-refractivity contribution in [2.45, 2.75) is 32.6 Å². The van der Waals surface area contributed by atoms with Crippen LogP contribution >= 0.6 is 0 Å². The highest BCUT2D eigenvalue weighted by Gasteiger charge is 1.94. The Morgan fingerprint density at radius 1 is 0.900 bits per heavy atom. The van der Waals surface area contributed by atoms with Crippen LogP contribution in [0.2, 0.25) is 0 Å². The molecule has 0 aliphatic rings. The van der Waals surface area contributed by atoms with E-state index in [9.17, 15) is 5.11 Å². The van der Waals surface area contributed by atoms with Crippen molar-refractivity contribution >= 4 is 0 Å². The van der Waals surface area contributed by atoms with Gasteiger partial charge in [-0.15, -0.1) is 0 Å². The Morgan fingerprint density at radius 2 is 1.65 bits per heavy atom. The lowest BCUT2D eigenvalue weighted by molar-refractivity contribution is 0.475. The van der Waals surface area contributed by atoms with E-state index in [2.05, 4.69) is 37.0 Å². The zero-order chi connectivity index (χ0) is 14.2. The first-order chi connectivity index (χ1) is 9.78. The predicted molar refractivity (Wildman–Crippen MR) is 83.8 cm³/mol. The van der Waals surface area contributed by atoms with Crippen molar-refractivity contribution in [3.63, 3.8) is 0 Å². The molecule has 1 heteroatoms. The van der Waals surface area contributed by atoms with Gasteiger partial charge in [0, 0.05) is 11.1 Å². The molecule has 0 fully saturated rings. The van der Waals surface area contributed by atoms with Gasteiger partial charge < -0.3 is 5.11 Å². The number of aromatic hydroxyl groups is 1. The molecular formula is C19H20O. The maximum atomic E-state index is 9.23. The van der Waals surface area contributed by atoms with Gasteiger partial charge in [-0.05, 0) is 54.8 Å². The largest absolute Gasteiger partial charge is 0.508 e. The average Bonchev–Trinajstić information content (AvgIpc) is 2.47. The number of aryl methyl sites for hydroxylation is 1. The van der Waals surface area contributed by atoms with Crippen LogP contribution in [-0.2, 0) is 6.42 Å². The van der Waals surface area contributed by atoms with Crippen LogP contribution in [-0.4, -0.2) is 5.11 Å². The van der Waals surface area contributed by atoms with E-state index in [0.29, 0.717) is 0 Å². The van der Waals surface area contributed by atoms with Crippen molar-refractivity contribution in [1.82, 2.24) is 0 Å². The Labute approximate surface area is 121 Å². The third-order valence-electron chi connectivity index (χ3n) is 3.21. The van der Waals surface area contributed by atoms with Gasteiger partial charge in [-0.2, -0.15) is 0 Å². The van der Waals surface area contributed by atoms with Crippen LogP contribution in [0.4, 0.5) is 0 Å². The van der Waals surface area contributed by atoms with Crippen LogP contribution in [0.5, 0.6) is 5.75 Å². The second-order valence-corrected chi connectivity index (χ2v) is 4.95. The molecule has 0 heterocycles. The topological polar surface area (TPSA) is 20.2 Å². The smallest absolute Gasteiger partial charge is 0.115 e. The van der Waals surface area contributed by atoms with E-state index < -0.39 is 0 Å². The van der Waals surface area contributed by atoms with Crippen LogP contribution in [0.3, 0.4) is 0 Å². The molecule has 2 aromatic carbocycles. The average molecular weight is 264 g/mol. The Kier molecular flexibility index (Phi) is 5.26. The Morgan fingerprint density at radius 3 is 2.40 bits per heavy atom. The summed E-state index contributed by atoms with van der Waals surface area (Å²) in [6, 6.07) is 15.4. The summed E-state index contributed by atoms with van der Waals surface area (Å²) < 4.78 is 0. The van der Waals surface area contributed by atoms with Crippen molar-refractivity contribution < 1.29 is 5.11 Å². The number of hydrogen-bond donors (Lipinski definition) is 1. The van der Waals surface area contributed by atoms with Gasteiger partial charge in [0.1, 0.15) is 5.75 Å². The van der Waals surface area contributed by atoms with E-state index in [0.717, 1.165) is 17.5 Å². The summed E-state index contributed by atoms with van der Waals surface area (Å²) >= 11 is 0. The molecule has 0 saturated carbocycles. The molecule has 0 aliphatic heterocycles. The number of rotatable bonds is 4. The molecule has 0 radical (unpaired) electrons. The van der Waals surface area contributed by atoms with Gasteiger partial charge >= 0.3 is 0 Å². The van der Waals surface area contributed by atoms with Gasteiger partial charge in [0.25, 0.3) is 0 Å². The molecule has 1 N–H and O–H groups in total. The standard InChI is InChI=1S/C19H20O/c1-2-3-4-6-17-7-5-8-18(15-17)10-9-16-11-13-19(20)14-12-16/h5,7-8,11-15,20H,2-4,6H2,1H3. The zero-order valence-electron chi connectivity index (χ0n) is 11.9. The minimum absolute atomic E-state index is 0.272. The fourth-order valence-corrected chi connectivity index (χ4v) is 2.07. The molecule has 0 saturated heterocycles. The summed E-state index contributed by atoms with van der Waals surface area (Å²) in [5.74, 6) is 6.57. The van der Waals surface area contributed by atoms with Gasteiger partial charge in [-0.1, -0.05) is 43.7 Å². The van der Waals surface area contributed by atoms with Crippen molar-refractivity contribution in [3.8, 4) is 17.6 Å². The molecule has 20 heavy (non-hydrogen) atoms. The SMILES string of the molecule is CCCCCc1cccc(C#Cc2ccc(O)cc2)c1. The van der Waals surface area contributed by atoms with Crippen molar-refractivity contribution in [2.75, 3.05) is 0 Å². The van der Waals surface area contributed by atoms with Crippen LogP contribution < -0.4 is 0 Å². The van der Waals surface area contributed by atoms with E-state index in [1.807, 2.05) is 18.2 Å². The number of unbranched alkanes of at least 4 members (excludes halogenated alkanes) is 2. The molecule has 102 valence electrons. The normalized spacial score (nSPS) is 9.85. The van der Waals surface area contributed by atoms with E-state index in [-0.39, 0.29) is 5.75 Å². The maximum absolute atomic E-state index is 9.23. The van der Waals surface area contributed by atoms with Crippen LogP contribution in [0.1, 0.15) is 42.9 Å². The summed E-state index contributed by atoms with van der Waals surface area (Å²) in [6.45, 7) is 2.22. The minimum atomic E-state index is 0.272. The van der Waals surface area contributed by atoms with Gasteiger partial charge in [0.05, 0.1) is 0 Å². The molecule has 0 bridgehead atoms. The summed E-state index contributed by atoms with van der Waals surface area (Å²) in [5, 5.41) is 9.23. The number of hydrogen-bond acceptors (Lipinski definition) is 1. The van der Waals surface area contributed by atoms with E-state index in [1.54, 1.807) is 12.1 Å². The summed E-state index contributed by atoms with van der Waals surface area (Å²) in [7, 11) is 0. The summed E-state index contributed by atoms with van der Waals surface area (Å²) in [5.41, 5.74) is 3.32. The molecule has 0 amide bonds. The lowest BCUT2D eigenvalue weighted by Gasteiger charge is -2.01. The predicted octanol–water partition coefficient (Wildman–Crippen LogP) is 4.52. The zero-order valence-corrected chi connectivity index (χ0v) is 11.9. The van der Waals surface area contributed by atoms with E-state index in [4.69, 9.17) is 0 Å². The Balaban J connectivity index is 2.06. The van der Waals surface area contributed by atoms with Gasteiger partial charge in [-0.3, -0.25) is 0 Å². The van der Waals surface area contributed by atoms with Crippen LogP contribution in [0, 0.1) is 11.8 Å². The van der Waals surface area contributed by atoms with Gasteiger partial charge in [0.2, 0.25) is 0 Å². The van der Waals surface area contributed by atoms with Gasteiger partial charge in [0.15, 0.2) is 0 Å². The Hall–Kier alpha value is -2.20. The highest BCUT2D eigenvalue weighted by molar-refractivity contribution is 5.45. The fourth-order valence-electron chi connectivity index (χ4n) is 2.07. The van der Waals surface area contributed by atoms with E-state index in [1.165, 1.54) is 24.8 Å². The molecule has 0 unspecified atom stereocenters. The van der Waals surface area contributed by atoms with Crippen molar-refractivity contribution in [1.29, 1.82) is 0 Å². The summed E-state index contributed by atoms with van der Waals surface area (Å²) in [6.07, 6.45) is 4.90. The first-order valence-corrected chi connectivity index (χ1v) is 7.18. The van der Waals surface area contributed by atoms with Gasteiger partial charge in [-0.25, -0.2) is 0 Å². The molecular weight excluding hydrogens is 244 g/mol. The first kappa shape index (κ1) is 14.2. The number of phenolic OH excluding ortho intramolecular Hbond substituents is 1. The highest BCUT2D eigenvalue weighted by atomic mass is 16.3. The fraction of sp³-hybridized carbons (Fsp3) is 0.263. The first-order valence-electron chi connectivity index (χ1n) is 7.18. The molecule has 0 spiro atoms. The molecule has 2 aromatic rings. The van der Waals surface area contributed by atoms with E-state index >= 15 is 0 Å². The monoisotopic (exact) mass is 264 g/mol. The molecule has 0 atom stereocenters. The summed E-state index contributed by atoms with van der Waals surface area (Å²) in [4.78, 5) is 0. The lowest BCUT2D eigenvalue weighted by Crippen LogP contribution is -1.86. The highest BCUT2D eigenvalue weighted by Crippen LogP contribution is 2.10. The molecule has 2 rings (SSSR count). The number of phenols is 1. The Bertz CT molecular complexity index is 600. The third-order valence-corrected chi connectivity index (χ3v) is 3.21. The van der Waals surface area contributed by atoms with Crippen molar-refractivity contribution in [3.05, 3.63) is 65.2 Å². The molecule has 0 aliphatic carbocycles. The second kappa shape index (κ2) is 7.40. The lowest BCUT2D eigenvalue weighted by atomic mass is 10.0. The minimum Gasteiger partial charge on any atom is -0.508 e. The second-order valence-electron chi connectivity index (χ2n) is 4.95. The molecule has 1 nitrogen and oxygen atoms in total. The van der Waals surface area contributed by atoms with Crippen molar-refractivity contribution in [2.24, 2.45) is 0 Å². The quantitative estimate of drug-likeness (QED) is 0.635. The maximum Gasteiger partial charge on any atom is 0.115 e. The number of benzene rings is 2. The van der Waals surface area contributed by atoms with Crippen LogP contribution in [0.25, 0.3) is 0 Å². The third kappa shape index (κ3) is 4.48.